The van der Waals surface area contributed by atoms with Gasteiger partial charge in [-0.2, -0.15) is 18.2 Å². The Hall–Kier alpha value is -3.99. The molecule has 5 N–H and O–H groups in total. The van der Waals surface area contributed by atoms with Crippen molar-refractivity contribution in [1.29, 1.82) is 0 Å². The molecule has 3 aromatic rings. The van der Waals surface area contributed by atoms with E-state index < -0.39 is 27.8 Å². The summed E-state index contributed by atoms with van der Waals surface area (Å²) in [6.45, 7) is 4.16. The SMILES string of the molecule is CN1CCN(Cc2ccc(C(F)(F)F)cc2NC(=O)NCc2cnc3nc2NCCCNS(=O)(=O)c2cccc(c2)N3)CC1. The number of alkyl halides is 3. The lowest BCUT2D eigenvalue weighted by Crippen LogP contribution is -2.44. The number of urea groups is 1. The number of benzene rings is 2. The second-order valence-corrected chi connectivity index (χ2v) is 12.4. The number of aromatic nitrogens is 2. The molecule has 2 aliphatic heterocycles. The fraction of sp³-hybridized carbons (Fsp3) is 0.393. The number of hydrogen-bond donors (Lipinski definition) is 5. The summed E-state index contributed by atoms with van der Waals surface area (Å²) in [5.41, 5.74) is 0.805. The molecule has 0 atom stereocenters. The van der Waals surface area contributed by atoms with Crippen LogP contribution < -0.4 is 26.0 Å². The van der Waals surface area contributed by atoms with E-state index >= 15 is 0 Å². The van der Waals surface area contributed by atoms with Crippen LogP contribution in [0.2, 0.25) is 0 Å². The fourth-order valence-corrected chi connectivity index (χ4v) is 5.92. The zero-order valence-corrected chi connectivity index (χ0v) is 24.9. The fourth-order valence-electron chi connectivity index (χ4n) is 4.80. The number of piperazine rings is 1. The van der Waals surface area contributed by atoms with Crippen molar-refractivity contribution < 1.29 is 26.4 Å². The molecule has 2 aliphatic rings. The van der Waals surface area contributed by atoms with Gasteiger partial charge in [0.25, 0.3) is 0 Å². The second kappa shape index (κ2) is 13.3. The first-order chi connectivity index (χ1) is 21.0. The van der Waals surface area contributed by atoms with Crippen molar-refractivity contribution in [3.05, 3.63) is 65.4 Å². The van der Waals surface area contributed by atoms with E-state index in [0.29, 0.717) is 42.1 Å². The molecule has 2 amide bonds. The smallest absolute Gasteiger partial charge is 0.370 e. The molecule has 0 saturated carbocycles. The predicted molar refractivity (Wildman–Crippen MR) is 160 cm³/mol. The Bertz CT molecular complexity index is 1600. The number of fused-ring (bicyclic) bond motifs is 4. The van der Waals surface area contributed by atoms with E-state index in [-0.39, 0.29) is 29.6 Å². The highest BCUT2D eigenvalue weighted by Gasteiger charge is 2.31. The normalized spacial score (nSPS) is 17.6. The molecule has 1 saturated heterocycles. The maximum Gasteiger partial charge on any atom is 0.416 e. The van der Waals surface area contributed by atoms with E-state index in [0.717, 1.165) is 38.3 Å². The van der Waals surface area contributed by atoms with Crippen LogP contribution in [-0.4, -0.2) is 80.5 Å². The summed E-state index contributed by atoms with van der Waals surface area (Å²) >= 11 is 0. The van der Waals surface area contributed by atoms with Gasteiger partial charge in [0.2, 0.25) is 16.0 Å². The zero-order valence-electron chi connectivity index (χ0n) is 24.0. The van der Waals surface area contributed by atoms with Gasteiger partial charge in [0.05, 0.1) is 10.5 Å². The van der Waals surface area contributed by atoms with Crippen LogP contribution in [0, 0.1) is 0 Å². The van der Waals surface area contributed by atoms with E-state index in [1.165, 1.54) is 24.4 Å². The molecule has 2 aromatic carbocycles. The van der Waals surface area contributed by atoms with Gasteiger partial charge in [-0.1, -0.05) is 12.1 Å². The Kier molecular flexibility index (Phi) is 9.53. The van der Waals surface area contributed by atoms with Crippen LogP contribution >= 0.6 is 0 Å². The topological polar surface area (TPSA) is 144 Å². The summed E-state index contributed by atoms with van der Waals surface area (Å²) in [6, 6.07) is 8.96. The predicted octanol–water partition coefficient (Wildman–Crippen LogP) is 3.40. The second-order valence-electron chi connectivity index (χ2n) is 10.7. The monoisotopic (exact) mass is 633 g/mol. The van der Waals surface area contributed by atoms with Crippen LogP contribution in [0.15, 0.2) is 53.6 Å². The number of carbonyl (C=O) groups is 1. The van der Waals surface area contributed by atoms with Gasteiger partial charge in [-0.05, 0) is 49.4 Å². The minimum atomic E-state index is -4.56. The zero-order chi connectivity index (χ0) is 31.3. The molecule has 236 valence electrons. The van der Waals surface area contributed by atoms with Gasteiger partial charge < -0.3 is 26.2 Å². The molecule has 0 radical (unpaired) electrons. The quantitative estimate of drug-likeness (QED) is 0.286. The number of sulfonamides is 1. The third-order valence-corrected chi connectivity index (χ3v) is 8.78. The number of nitrogens with zero attached hydrogens (tertiary/aromatic N) is 4. The minimum absolute atomic E-state index is 0.0245. The average molecular weight is 634 g/mol. The van der Waals surface area contributed by atoms with E-state index in [1.807, 2.05) is 7.05 Å². The standard InChI is InChI=1S/C28H34F3N9O3S/c1-39-10-12-40(13-11-39)18-19-6-7-21(28(29,30)31)14-24(19)37-27(41)34-17-20-16-33-26-36-22-4-2-5-23(15-22)44(42,43)35-9-3-8-32-25(20)38-26/h2,4-7,14-16,35H,3,8-13,17-18H2,1H3,(H2,34,37,41)(H2,32,33,36,38). The summed E-state index contributed by atoms with van der Waals surface area (Å²) in [6.07, 6.45) is -2.60. The van der Waals surface area contributed by atoms with Gasteiger partial charge in [0, 0.05) is 75.5 Å². The molecule has 0 aliphatic carbocycles. The molecule has 5 rings (SSSR count). The van der Waals surface area contributed by atoms with E-state index in [1.54, 1.807) is 12.1 Å². The van der Waals surface area contributed by atoms with E-state index in [2.05, 4.69) is 45.8 Å². The number of halogens is 3. The summed E-state index contributed by atoms with van der Waals surface area (Å²) in [4.78, 5) is 26.2. The first-order valence-corrected chi connectivity index (χ1v) is 15.6. The average Bonchev–Trinajstić information content (AvgIpc) is 2.98. The lowest BCUT2D eigenvalue weighted by molar-refractivity contribution is -0.137. The van der Waals surface area contributed by atoms with E-state index in [4.69, 9.17) is 0 Å². The number of anilines is 4. The van der Waals surface area contributed by atoms with Crippen molar-refractivity contribution in [2.24, 2.45) is 0 Å². The van der Waals surface area contributed by atoms with E-state index in [9.17, 15) is 26.4 Å². The number of carbonyl (C=O) groups excluding carboxylic acids is 1. The first-order valence-electron chi connectivity index (χ1n) is 14.1. The van der Waals surface area contributed by atoms with Crippen LogP contribution in [0.3, 0.4) is 0 Å². The van der Waals surface area contributed by atoms with Gasteiger partial charge in [-0.25, -0.2) is 22.9 Å². The van der Waals surface area contributed by atoms with Crippen LogP contribution in [-0.2, 0) is 29.3 Å². The van der Waals surface area contributed by atoms with Gasteiger partial charge >= 0.3 is 12.2 Å². The molecule has 3 heterocycles. The molecule has 16 heteroatoms. The third-order valence-electron chi connectivity index (χ3n) is 7.32. The lowest BCUT2D eigenvalue weighted by Gasteiger charge is -2.32. The number of hydrogen-bond acceptors (Lipinski definition) is 9. The molecule has 12 nitrogen and oxygen atoms in total. The third kappa shape index (κ3) is 8.13. The highest BCUT2D eigenvalue weighted by molar-refractivity contribution is 7.89. The lowest BCUT2D eigenvalue weighted by atomic mass is 10.1. The first kappa shape index (κ1) is 31.4. The minimum Gasteiger partial charge on any atom is -0.370 e. The van der Waals surface area contributed by atoms with Crippen molar-refractivity contribution >= 4 is 39.2 Å². The van der Waals surface area contributed by atoms with Gasteiger partial charge in [-0.3, -0.25) is 4.90 Å². The van der Waals surface area contributed by atoms with Crippen molar-refractivity contribution in [2.75, 3.05) is 62.3 Å². The Morgan fingerprint density at radius 1 is 1.05 bits per heavy atom. The highest BCUT2D eigenvalue weighted by atomic mass is 32.2. The molecule has 0 spiro atoms. The van der Waals surface area contributed by atoms with Crippen molar-refractivity contribution in [3.8, 4) is 0 Å². The molecule has 44 heavy (non-hydrogen) atoms. The Balaban J connectivity index is 1.30. The van der Waals surface area contributed by atoms with Crippen LogP contribution in [0.4, 0.5) is 41.1 Å². The maximum absolute atomic E-state index is 13.5. The summed E-state index contributed by atoms with van der Waals surface area (Å²) < 4.78 is 68.3. The molecule has 1 aromatic heterocycles. The molecule has 4 bridgehead atoms. The van der Waals surface area contributed by atoms with Gasteiger partial charge in [0.15, 0.2) is 0 Å². The van der Waals surface area contributed by atoms with Crippen molar-refractivity contribution in [2.45, 2.75) is 30.6 Å². The largest absolute Gasteiger partial charge is 0.416 e. The van der Waals surface area contributed by atoms with Crippen molar-refractivity contribution in [1.82, 2.24) is 29.8 Å². The molecular formula is C28H34F3N9O3S. The molecule has 1 fully saturated rings. The van der Waals surface area contributed by atoms with Crippen LogP contribution in [0.1, 0.15) is 23.1 Å². The van der Waals surface area contributed by atoms with Crippen LogP contribution in [0.25, 0.3) is 0 Å². The number of nitrogens with one attached hydrogen (secondary N) is 5. The van der Waals surface area contributed by atoms with Crippen LogP contribution in [0.5, 0.6) is 0 Å². The Labute approximate surface area is 253 Å². The Morgan fingerprint density at radius 2 is 1.84 bits per heavy atom. The Morgan fingerprint density at radius 3 is 2.61 bits per heavy atom. The number of amides is 2. The molecule has 0 unspecified atom stereocenters. The summed E-state index contributed by atoms with van der Waals surface area (Å²) in [7, 11) is -1.68. The maximum atomic E-state index is 13.5. The summed E-state index contributed by atoms with van der Waals surface area (Å²) in [5, 5.41) is 11.4. The highest BCUT2D eigenvalue weighted by Crippen LogP contribution is 2.33. The number of rotatable bonds is 5. The number of likely N-dealkylation sites (N-methyl/N-ethyl adjacent to an activating group) is 1. The van der Waals surface area contributed by atoms with Crippen molar-refractivity contribution in [3.63, 3.8) is 0 Å². The molecular weight excluding hydrogens is 599 g/mol. The van der Waals surface area contributed by atoms with Gasteiger partial charge in [0.1, 0.15) is 5.82 Å². The van der Waals surface area contributed by atoms with Gasteiger partial charge in [-0.15, -0.1) is 0 Å². The summed E-state index contributed by atoms with van der Waals surface area (Å²) in [5.74, 6) is 0.621.